The van der Waals surface area contributed by atoms with Crippen molar-refractivity contribution < 1.29 is 28.5 Å². The lowest BCUT2D eigenvalue weighted by atomic mass is 9.56. The summed E-state index contributed by atoms with van der Waals surface area (Å²) in [5.41, 5.74) is 0.448. The molecule has 4 rings (SSSR count). The van der Waals surface area contributed by atoms with Crippen LogP contribution in [0, 0.1) is 35.5 Å². The molecule has 37 heavy (non-hydrogen) atoms. The maximum atomic E-state index is 13.5. The lowest BCUT2D eigenvalue weighted by Crippen LogP contribution is -2.56. The van der Waals surface area contributed by atoms with Crippen molar-refractivity contribution in [2.75, 3.05) is 7.11 Å². The topological polar surface area (TPSA) is 74.2 Å². The van der Waals surface area contributed by atoms with Gasteiger partial charge >= 0.3 is 5.97 Å². The molecule has 2 fully saturated rings. The summed E-state index contributed by atoms with van der Waals surface area (Å²) in [5.74, 6) is -0.0370. The number of aliphatic hydroxyl groups is 1. The lowest BCUT2D eigenvalue weighted by molar-refractivity contribution is -0.171. The minimum Gasteiger partial charge on any atom is -0.457 e. The zero-order chi connectivity index (χ0) is 27.7. The summed E-state index contributed by atoms with van der Waals surface area (Å²) >= 11 is 0. The van der Waals surface area contributed by atoms with E-state index in [9.17, 15) is 9.90 Å². The molecule has 0 radical (unpaired) electrons. The fraction of sp³-hybridized carbons (Fsp3) is 0.833. The number of aliphatic hydroxyl groups excluding tert-OH is 1. The van der Waals surface area contributed by atoms with E-state index < -0.39 is 32.2 Å². The Hall–Kier alpha value is -0.993. The van der Waals surface area contributed by atoms with Gasteiger partial charge in [-0.3, -0.25) is 0 Å². The SMILES string of the molecule is CO[C@H]1C[C@H]2C=C[C@H]3[C@H]4O[C@]2(/C(C)=C/[C@@H](C)[C@@H]([C@@H](C)O[Si](C)(C)C(C)(C)C)OC1=O)[C@@H]3[C@H](O)C(C)[C@H]4C. The first-order chi connectivity index (χ1) is 17.1. The lowest BCUT2D eigenvalue weighted by Gasteiger charge is -2.49. The van der Waals surface area contributed by atoms with Gasteiger partial charge in [0.05, 0.1) is 18.3 Å². The Morgan fingerprint density at radius 1 is 1.16 bits per heavy atom. The molecule has 0 amide bonds. The average Bonchev–Trinajstić information content (AvgIpc) is 3.00. The number of hydrogen-bond donors (Lipinski definition) is 1. The molecule has 0 aromatic carbocycles. The van der Waals surface area contributed by atoms with E-state index in [0.717, 1.165) is 5.57 Å². The Balaban J connectivity index is 1.78. The van der Waals surface area contributed by atoms with Crippen LogP contribution < -0.4 is 0 Å². The predicted molar refractivity (Wildman–Crippen MR) is 148 cm³/mol. The molecule has 2 heterocycles. The van der Waals surface area contributed by atoms with Gasteiger partial charge in [0.25, 0.3) is 0 Å². The number of hydrogen-bond acceptors (Lipinski definition) is 6. The van der Waals surface area contributed by atoms with E-state index in [2.05, 4.69) is 79.8 Å². The van der Waals surface area contributed by atoms with Gasteiger partial charge in [-0.25, -0.2) is 4.79 Å². The van der Waals surface area contributed by atoms with Crippen LogP contribution in [-0.2, 0) is 23.4 Å². The molecule has 0 aromatic rings. The van der Waals surface area contributed by atoms with Crippen LogP contribution in [0.15, 0.2) is 23.8 Å². The van der Waals surface area contributed by atoms with Crippen LogP contribution in [0.4, 0.5) is 0 Å². The largest absolute Gasteiger partial charge is 0.457 e. The van der Waals surface area contributed by atoms with Crippen molar-refractivity contribution in [3.63, 3.8) is 0 Å². The van der Waals surface area contributed by atoms with Crippen LogP contribution in [0.25, 0.3) is 0 Å². The fourth-order valence-electron chi connectivity index (χ4n) is 7.31. The molecule has 4 aliphatic rings. The van der Waals surface area contributed by atoms with Gasteiger partial charge in [0.2, 0.25) is 0 Å². The second kappa shape index (κ2) is 9.88. The van der Waals surface area contributed by atoms with E-state index in [1.165, 1.54) is 0 Å². The molecule has 4 bridgehead atoms. The average molecular weight is 535 g/mol. The number of methoxy groups -OCH3 is 1. The third-order valence-electron chi connectivity index (χ3n) is 10.7. The van der Waals surface area contributed by atoms with Gasteiger partial charge in [0.15, 0.2) is 14.4 Å². The molecule has 1 saturated heterocycles. The van der Waals surface area contributed by atoms with Crippen molar-refractivity contribution in [1.29, 1.82) is 0 Å². The van der Waals surface area contributed by atoms with Crippen LogP contribution in [0.2, 0.25) is 18.1 Å². The summed E-state index contributed by atoms with van der Waals surface area (Å²) in [4.78, 5) is 13.5. The Kier molecular flexibility index (Phi) is 7.75. The van der Waals surface area contributed by atoms with Crippen LogP contribution >= 0.6 is 0 Å². The van der Waals surface area contributed by atoms with Gasteiger partial charge in [-0.1, -0.05) is 59.8 Å². The molecule has 12 atom stereocenters. The molecule has 2 aliphatic carbocycles. The summed E-state index contributed by atoms with van der Waals surface area (Å²) in [6.45, 7) is 21.7. The van der Waals surface area contributed by atoms with E-state index >= 15 is 0 Å². The summed E-state index contributed by atoms with van der Waals surface area (Å²) in [7, 11) is -0.520. The van der Waals surface area contributed by atoms with Crippen molar-refractivity contribution in [1.82, 2.24) is 0 Å². The normalized spacial score (nSPS) is 46.5. The Morgan fingerprint density at radius 2 is 1.81 bits per heavy atom. The number of carbonyl (C=O) groups is 1. The molecule has 1 spiro atoms. The van der Waals surface area contributed by atoms with Crippen LogP contribution in [0.3, 0.4) is 0 Å². The zero-order valence-electron chi connectivity index (χ0n) is 24.8. The highest BCUT2D eigenvalue weighted by molar-refractivity contribution is 6.74. The van der Waals surface area contributed by atoms with Gasteiger partial charge < -0.3 is 23.7 Å². The number of cyclic esters (lactones) is 1. The highest BCUT2D eigenvalue weighted by Crippen LogP contribution is 2.62. The summed E-state index contributed by atoms with van der Waals surface area (Å²) in [6, 6.07) is 0. The minimum atomic E-state index is -2.09. The Labute approximate surface area is 225 Å². The Morgan fingerprint density at radius 3 is 2.41 bits per heavy atom. The van der Waals surface area contributed by atoms with E-state index in [-0.39, 0.29) is 58.7 Å². The molecule has 6 nitrogen and oxygen atoms in total. The van der Waals surface area contributed by atoms with Gasteiger partial charge in [-0.15, -0.1) is 0 Å². The number of ether oxygens (including phenoxy) is 3. The van der Waals surface area contributed by atoms with Crippen molar-refractivity contribution in [2.45, 2.75) is 116 Å². The van der Waals surface area contributed by atoms with E-state index in [1.807, 2.05) is 6.92 Å². The second-order valence-electron chi connectivity index (χ2n) is 13.8. The predicted octanol–water partition coefficient (Wildman–Crippen LogP) is 5.51. The van der Waals surface area contributed by atoms with Gasteiger partial charge in [0.1, 0.15) is 11.7 Å². The molecule has 1 saturated carbocycles. The molecular weight excluding hydrogens is 484 g/mol. The third kappa shape index (κ3) is 4.60. The number of esters is 1. The highest BCUT2D eigenvalue weighted by Gasteiger charge is 2.67. The molecule has 2 aliphatic heterocycles. The molecule has 0 aromatic heterocycles. The first kappa shape index (κ1) is 29.0. The van der Waals surface area contributed by atoms with Crippen molar-refractivity contribution in [3.8, 4) is 0 Å². The fourth-order valence-corrected chi connectivity index (χ4v) is 8.73. The second-order valence-corrected chi connectivity index (χ2v) is 18.6. The minimum absolute atomic E-state index is 0.0413. The highest BCUT2D eigenvalue weighted by atomic mass is 28.4. The standard InChI is InChI=1S/C30H50O6Si/c1-16-14-17(2)30-21(12-13-22-24(30)25(31)18(3)19(4)27(22)35-30)15-23(33-9)28(32)34-26(16)20(5)36-37(10,11)29(6,7)8/h12-14,16,18-27,31H,15H2,1-11H3/b17-14+/t16-,18?,19-,20-,21-,22-,23+,24+,25-,26+,27+,30+/m1/s1. The van der Waals surface area contributed by atoms with Gasteiger partial charge in [-0.2, -0.15) is 0 Å². The molecule has 1 N–H and O–H groups in total. The Bertz CT molecular complexity index is 937. The summed E-state index contributed by atoms with van der Waals surface area (Å²) < 4.78 is 25.7. The van der Waals surface area contributed by atoms with Crippen molar-refractivity contribution in [3.05, 3.63) is 23.8 Å². The molecule has 7 heteroatoms. The van der Waals surface area contributed by atoms with Crippen molar-refractivity contribution >= 4 is 14.3 Å². The van der Waals surface area contributed by atoms with Crippen LogP contribution in [0.1, 0.15) is 61.8 Å². The quantitative estimate of drug-likeness (QED) is 0.291. The smallest absolute Gasteiger partial charge is 0.335 e. The first-order valence-corrected chi connectivity index (χ1v) is 17.1. The summed E-state index contributed by atoms with van der Waals surface area (Å²) in [5, 5.41) is 11.6. The van der Waals surface area contributed by atoms with Gasteiger partial charge in [0, 0.05) is 30.8 Å². The monoisotopic (exact) mass is 534 g/mol. The first-order valence-electron chi connectivity index (χ1n) is 14.2. The van der Waals surface area contributed by atoms with Crippen LogP contribution in [-0.4, -0.2) is 62.6 Å². The van der Waals surface area contributed by atoms with Gasteiger partial charge in [-0.05, 0) is 55.8 Å². The molecule has 1 unspecified atom stereocenters. The van der Waals surface area contributed by atoms with Crippen LogP contribution in [0.5, 0.6) is 0 Å². The van der Waals surface area contributed by atoms with E-state index in [1.54, 1.807) is 7.11 Å². The summed E-state index contributed by atoms with van der Waals surface area (Å²) in [6.07, 6.45) is 5.23. The van der Waals surface area contributed by atoms with Crippen molar-refractivity contribution in [2.24, 2.45) is 35.5 Å². The third-order valence-corrected chi connectivity index (χ3v) is 15.2. The number of rotatable bonds is 4. The zero-order valence-corrected chi connectivity index (χ0v) is 25.8. The van der Waals surface area contributed by atoms with E-state index in [0.29, 0.717) is 6.42 Å². The molecular formula is C30H50O6Si. The maximum Gasteiger partial charge on any atom is 0.335 e. The van der Waals surface area contributed by atoms with E-state index in [4.69, 9.17) is 18.6 Å². The number of carbonyl (C=O) groups excluding carboxylic acids is 1. The molecule has 210 valence electrons. The maximum absolute atomic E-state index is 13.5.